The molecule has 0 bridgehead atoms. The fourth-order valence-electron chi connectivity index (χ4n) is 2.82. The highest BCUT2D eigenvalue weighted by Crippen LogP contribution is 2.35. The number of aliphatic hydroxyl groups is 1. The molecule has 0 aromatic heterocycles. The van der Waals surface area contributed by atoms with Gasteiger partial charge in [0.15, 0.2) is 0 Å². The molecular formula is C14H18Cl2O2. The lowest BCUT2D eigenvalue weighted by molar-refractivity contribution is -0.130. The summed E-state index contributed by atoms with van der Waals surface area (Å²) in [5.74, 6) is 0. The van der Waals surface area contributed by atoms with Crippen LogP contribution in [0.4, 0.5) is 0 Å². The molecule has 1 aromatic rings. The maximum atomic E-state index is 10.7. The van der Waals surface area contributed by atoms with Crippen LogP contribution < -0.4 is 0 Å². The Balaban J connectivity index is 2.22. The quantitative estimate of drug-likeness (QED) is 0.896. The maximum absolute atomic E-state index is 10.7. The zero-order valence-corrected chi connectivity index (χ0v) is 12.1. The Morgan fingerprint density at radius 3 is 2.22 bits per heavy atom. The number of benzene rings is 1. The molecule has 18 heavy (non-hydrogen) atoms. The molecule has 2 nitrogen and oxygen atoms in total. The van der Waals surface area contributed by atoms with E-state index in [1.165, 1.54) is 0 Å². The van der Waals surface area contributed by atoms with E-state index in [0.29, 0.717) is 29.3 Å². The Morgan fingerprint density at radius 2 is 1.72 bits per heavy atom. The number of rotatable bonds is 2. The third kappa shape index (κ3) is 3.18. The van der Waals surface area contributed by atoms with Gasteiger partial charge >= 0.3 is 0 Å². The third-order valence-corrected chi connectivity index (χ3v) is 4.08. The molecule has 0 amide bonds. The van der Waals surface area contributed by atoms with Gasteiger partial charge in [0.05, 0.1) is 17.8 Å². The van der Waals surface area contributed by atoms with Crippen molar-refractivity contribution in [1.82, 2.24) is 0 Å². The molecule has 0 radical (unpaired) electrons. The first kappa shape index (κ1) is 14.1. The first-order chi connectivity index (χ1) is 8.39. The number of halogens is 2. The number of ether oxygens (including phenoxy) is 1. The lowest BCUT2D eigenvalue weighted by Gasteiger charge is -2.39. The predicted molar refractivity (Wildman–Crippen MR) is 74.4 cm³/mol. The summed E-state index contributed by atoms with van der Waals surface area (Å²) in [5, 5.41) is 11.9. The second-order valence-electron chi connectivity index (χ2n) is 5.27. The van der Waals surface area contributed by atoms with Crippen LogP contribution in [0.15, 0.2) is 18.2 Å². The van der Waals surface area contributed by atoms with Crippen LogP contribution in [-0.2, 0) is 11.2 Å². The van der Waals surface area contributed by atoms with Crippen LogP contribution in [0.5, 0.6) is 0 Å². The van der Waals surface area contributed by atoms with Gasteiger partial charge in [-0.15, -0.1) is 0 Å². The second-order valence-corrected chi connectivity index (χ2v) is 6.08. The van der Waals surface area contributed by atoms with Crippen molar-refractivity contribution in [3.8, 4) is 0 Å². The van der Waals surface area contributed by atoms with E-state index in [2.05, 4.69) is 0 Å². The van der Waals surface area contributed by atoms with E-state index in [0.717, 1.165) is 5.56 Å². The Morgan fingerprint density at radius 1 is 1.22 bits per heavy atom. The molecule has 1 aliphatic heterocycles. The highest BCUT2D eigenvalue weighted by molar-refractivity contribution is 6.36. The first-order valence-corrected chi connectivity index (χ1v) is 6.96. The number of hydrogen-bond acceptors (Lipinski definition) is 2. The van der Waals surface area contributed by atoms with Crippen molar-refractivity contribution in [1.29, 1.82) is 0 Å². The van der Waals surface area contributed by atoms with Crippen LogP contribution in [0.3, 0.4) is 0 Å². The van der Waals surface area contributed by atoms with Crippen molar-refractivity contribution in [2.24, 2.45) is 0 Å². The minimum Gasteiger partial charge on any atom is -0.389 e. The normalized spacial score (nSPS) is 32.5. The second kappa shape index (κ2) is 5.38. The van der Waals surface area contributed by atoms with Crippen molar-refractivity contribution < 1.29 is 9.84 Å². The van der Waals surface area contributed by atoms with Gasteiger partial charge in [-0.1, -0.05) is 29.3 Å². The Kier molecular flexibility index (Phi) is 4.22. The molecule has 100 valence electrons. The molecule has 2 rings (SSSR count). The van der Waals surface area contributed by atoms with Crippen LogP contribution in [0.1, 0.15) is 32.3 Å². The van der Waals surface area contributed by atoms with Crippen LogP contribution in [0.25, 0.3) is 0 Å². The van der Waals surface area contributed by atoms with Gasteiger partial charge in [0.25, 0.3) is 0 Å². The van der Waals surface area contributed by atoms with Gasteiger partial charge in [0, 0.05) is 29.3 Å². The lowest BCUT2D eigenvalue weighted by Crippen LogP contribution is -2.45. The lowest BCUT2D eigenvalue weighted by atomic mass is 9.82. The summed E-state index contributed by atoms with van der Waals surface area (Å²) in [4.78, 5) is 0. The smallest absolute Gasteiger partial charge is 0.0738 e. The van der Waals surface area contributed by atoms with E-state index in [-0.39, 0.29) is 12.2 Å². The number of hydrogen-bond donors (Lipinski definition) is 1. The molecule has 1 aromatic carbocycles. The summed E-state index contributed by atoms with van der Waals surface area (Å²) < 4.78 is 5.65. The highest BCUT2D eigenvalue weighted by atomic mass is 35.5. The molecule has 1 N–H and O–H groups in total. The largest absolute Gasteiger partial charge is 0.389 e. The average molecular weight is 289 g/mol. The van der Waals surface area contributed by atoms with Crippen LogP contribution >= 0.6 is 23.2 Å². The molecule has 1 heterocycles. The Hall–Kier alpha value is -0.280. The molecule has 2 atom stereocenters. The topological polar surface area (TPSA) is 29.5 Å². The van der Waals surface area contributed by atoms with Crippen molar-refractivity contribution in [2.75, 3.05) is 0 Å². The standard InChI is InChI=1S/C14H18Cl2O2/c1-9-6-14(17,7-10(2)18-9)8-11-12(15)4-3-5-13(11)16/h3-5,9-10,17H,6-8H2,1-2H3. The molecule has 2 unspecified atom stereocenters. The van der Waals surface area contributed by atoms with E-state index in [1.54, 1.807) is 12.1 Å². The zero-order valence-electron chi connectivity index (χ0n) is 10.6. The van der Waals surface area contributed by atoms with E-state index >= 15 is 0 Å². The van der Waals surface area contributed by atoms with Crippen LogP contribution in [0, 0.1) is 0 Å². The summed E-state index contributed by atoms with van der Waals surface area (Å²) in [6.07, 6.45) is 1.81. The van der Waals surface area contributed by atoms with Gasteiger partial charge in [-0.3, -0.25) is 0 Å². The molecule has 1 fully saturated rings. The predicted octanol–water partition coefficient (Wildman–Crippen LogP) is 3.85. The van der Waals surface area contributed by atoms with Crippen molar-refractivity contribution in [3.05, 3.63) is 33.8 Å². The van der Waals surface area contributed by atoms with Gasteiger partial charge in [-0.2, -0.15) is 0 Å². The molecule has 1 saturated heterocycles. The Labute approximate surface area is 118 Å². The monoisotopic (exact) mass is 288 g/mol. The highest BCUT2D eigenvalue weighted by Gasteiger charge is 2.37. The van der Waals surface area contributed by atoms with Gasteiger partial charge in [0.1, 0.15) is 0 Å². The summed E-state index contributed by atoms with van der Waals surface area (Å²) in [6, 6.07) is 5.42. The van der Waals surface area contributed by atoms with E-state index in [4.69, 9.17) is 27.9 Å². The minimum absolute atomic E-state index is 0.0556. The fraction of sp³-hybridized carbons (Fsp3) is 0.571. The molecular weight excluding hydrogens is 271 g/mol. The zero-order chi connectivity index (χ0) is 13.3. The van der Waals surface area contributed by atoms with E-state index in [1.807, 2.05) is 19.9 Å². The van der Waals surface area contributed by atoms with E-state index < -0.39 is 5.60 Å². The van der Waals surface area contributed by atoms with E-state index in [9.17, 15) is 5.11 Å². The maximum Gasteiger partial charge on any atom is 0.0738 e. The Bertz CT molecular complexity index is 404. The van der Waals surface area contributed by atoms with Crippen LogP contribution in [0.2, 0.25) is 10.0 Å². The summed E-state index contributed by atoms with van der Waals surface area (Å²) in [5.41, 5.74) is 0.0377. The molecule has 0 saturated carbocycles. The summed E-state index contributed by atoms with van der Waals surface area (Å²) in [7, 11) is 0. The average Bonchev–Trinajstić information content (AvgIpc) is 2.21. The minimum atomic E-state index is -0.786. The van der Waals surface area contributed by atoms with Crippen LogP contribution in [-0.4, -0.2) is 22.9 Å². The molecule has 0 aliphatic carbocycles. The summed E-state index contributed by atoms with van der Waals surface area (Å²) >= 11 is 12.3. The third-order valence-electron chi connectivity index (χ3n) is 3.37. The summed E-state index contributed by atoms with van der Waals surface area (Å²) in [6.45, 7) is 3.96. The van der Waals surface area contributed by atoms with Crippen molar-refractivity contribution in [3.63, 3.8) is 0 Å². The van der Waals surface area contributed by atoms with Gasteiger partial charge in [0.2, 0.25) is 0 Å². The van der Waals surface area contributed by atoms with Gasteiger partial charge in [-0.25, -0.2) is 0 Å². The van der Waals surface area contributed by atoms with Gasteiger partial charge in [-0.05, 0) is 31.5 Å². The SMILES string of the molecule is CC1CC(O)(Cc2c(Cl)cccc2Cl)CC(C)O1. The van der Waals surface area contributed by atoms with Crippen molar-refractivity contribution in [2.45, 2.75) is 50.9 Å². The fourth-order valence-corrected chi connectivity index (χ4v) is 3.35. The van der Waals surface area contributed by atoms with Gasteiger partial charge < -0.3 is 9.84 Å². The molecule has 0 spiro atoms. The first-order valence-electron chi connectivity index (χ1n) is 6.20. The van der Waals surface area contributed by atoms with Crippen molar-refractivity contribution >= 4 is 23.2 Å². The molecule has 4 heteroatoms. The molecule has 1 aliphatic rings.